The van der Waals surface area contributed by atoms with Gasteiger partial charge in [-0.1, -0.05) is 85.7 Å². The molecule has 15 N–H and O–H groups in total. The van der Waals surface area contributed by atoms with Crippen LogP contribution in [0, 0.1) is 23.7 Å². The lowest BCUT2D eigenvalue weighted by molar-refractivity contribution is -0.142. The number of carbonyl (C=O) groups is 9. The summed E-state index contributed by atoms with van der Waals surface area (Å²) in [5, 5.41) is 50.5. The Morgan fingerprint density at radius 3 is 1.26 bits per heavy atom. The van der Waals surface area contributed by atoms with Crippen LogP contribution in [0.25, 0.3) is 0 Å². The Bertz CT molecular complexity index is 1800. The van der Waals surface area contributed by atoms with E-state index >= 15 is 0 Å². The molecule has 0 saturated carbocycles. The number of unbranched alkanes of at least 4 members (excludes halogenated alkanes) is 1. The van der Waals surface area contributed by atoms with Gasteiger partial charge < -0.3 is 69.3 Å². The van der Waals surface area contributed by atoms with Gasteiger partial charge in [0, 0.05) is 6.42 Å². The number of amides is 8. The molecule has 0 radical (unpaired) electrons. The molecule has 0 spiro atoms. The second-order valence-electron chi connectivity index (χ2n) is 18.5. The van der Waals surface area contributed by atoms with E-state index in [1.165, 1.54) is 0 Å². The number of aliphatic hydroxyl groups excluding tert-OH is 2. The number of benzene rings is 1. The van der Waals surface area contributed by atoms with Gasteiger partial charge in [-0.15, -0.1) is 0 Å². The minimum atomic E-state index is -1.65. The van der Waals surface area contributed by atoms with E-state index in [1.54, 1.807) is 71.9 Å². The van der Waals surface area contributed by atoms with Gasteiger partial charge in [-0.05, 0) is 74.3 Å². The van der Waals surface area contributed by atoms with Crippen molar-refractivity contribution in [2.45, 2.75) is 149 Å². The highest BCUT2D eigenvalue weighted by molar-refractivity contribution is 5.98. The van der Waals surface area contributed by atoms with Crippen molar-refractivity contribution >= 4 is 53.2 Å². The fraction of sp³-hybridized carbons (Fsp3) is 0.674. The Morgan fingerprint density at radius 2 is 0.868 bits per heavy atom. The van der Waals surface area contributed by atoms with E-state index in [1.807, 2.05) is 13.8 Å². The smallest absolute Gasteiger partial charge is 0.326 e. The van der Waals surface area contributed by atoms with Crippen LogP contribution in [0.3, 0.4) is 0 Å². The molecule has 0 aromatic heterocycles. The summed E-state index contributed by atoms with van der Waals surface area (Å²) in [5.41, 5.74) is 11.8. The van der Waals surface area contributed by atoms with E-state index in [0.717, 1.165) is 0 Å². The van der Waals surface area contributed by atoms with Gasteiger partial charge in [-0.25, -0.2) is 4.79 Å². The second kappa shape index (κ2) is 31.4. The van der Waals surface area contributed by atoms with Crippen LogP contribution in [0.2, 0.25) is 0 Å². The molecule has 68 heavy (non-hydrogen) atoms. The molecule has 0 heterocycles. The van der Waals surface area contributed by atoms with Crippen molar-refractivity contribution in [1.29, 1.82) is 0 Å². The van der Waals surface area contributed by atoms with Gasteiger partial charge in [0.1, 0.15) is 48.3 Å². The zero-order valence-electron chi connectivity index (χ0n) is 40.8. The van der Waals surface area contributed by atoms with Crippen LogP contribution in [-0.4, -0.2) is 143 Å². The molecule has 22 nitrogen and oxygen atoms in total. The summed E-state index contributed by atoms with van der Waals surface area (Å²) in [5.74, 6) is -8.67. The fourth-order valence-corrected chi connectivity index (χ4v) is 6.97. The highest BCUT2D eigenvalue weighted by atomic mass is 16.4. The molecule has 0 aliphatic heterocycles. The number of aliphatic carboxylic acids is 1. The summed E-state index contributed by atoms with van der Waals surface area (Å²) >= 11 is 0. The van der Waals surface area contributed by atoms with E-state index in [9.17, 15) is 58.5 Å². The quantitative estimate of drug-likeness (QED) is 0.0350. The van der Waals surface area contributed by atoms with E-state index in [-0.39, 0.29) is 62.9 Å². The first kappa shape index (κ1) is 60.3. The normalized spacial score (nSPS) is 14.9. The Kier molecular flexibility index (Phi) is 27.8. The Labute approximate surface area is 399 Å². The topological polar surface area (TPSA) is 363 Å². The number of rotatable bonds is 32. The molecule has 8 amide bonds. The minimum absolute atomic E-state index is 0.0176. The molecule has 0 saturated heterocycles. The Balaban J connectivity index is 3.24. The van der Waals surface area contributed by atoms with E-state index < -0.39 is 121 Å². The average molecular weight is 963 g/mol. The molecule has 0 unspecified atom stereocenters. The summed E-state index contributed by atoms with van der Waals surface area (Å²) < 4.78 is 0. The first-order valence-corrected chi connectivity index (χ1v) is 23.3. The lowest BCUT2D eigenvalue weighted by Crippen LogP contribution is -2.61. The molecular weight excluding hydrogens is 885 g/mol. The first-order valence-electron chi connectivity index (χ1n) is 23.3. The number of nitrogens with two attached hydrogens (primary N) is 2. The van der Waals surface area contributed by atoms with Gasteiger partial charge >= 0.3 is 5.97 Å². The molecule has 0 aliphatic carbocycles. The maximum absolute atomic E-state index is 13.8. The van der Waals surface area contributed by atoms with Crippen LogP contribution >= 0.6 is 0 Å². The van der Waals surface area contributed by atoms with Gasteiger partial charge in [0.05, 0.1) is 19.8 Å². The standard InChI is InChI=1S/C46H78N10O12/c1-25(2)18-31(49-37(59)22-48)40(61)51-32(19-26(3)4)41(62)55-35(23-57)43(64)50-30(16-12-13-17-47)39(60)54-36(24-58)44(65)52-33(20-27(5)6)42(63)56-38(28(7)8)45(66)53-34(46(67)68)21-29-14-10-9-11-15-29/h9-11,14-15,25-28,30-36,38,57-58H,12-13,16-24,47-48H2,1-8H3,(H,49,59)(H,50,64)(H,51,61)(H,52,65)(H,53,66)(H,54,60)(H,55,62)(H,56,63)(H,67,68)/t30-,31-,32-,33-,34-,35-,36-,38-/m0/s1. The third-order valence-electron chi connectivity index (χ3n) is 10.6. The molecule has 0 aliphatic rings. The summed E-state index contributed by atoms with van der Waals surface area (Å²) in [6, 6.07) is -2.02. The number of carboxylic acids is 1. The minimum Gasteiger partial charge on any atom is -0.480 e. The number of carbonyl (C=O) groups excluding carboxylic acids is 8. The van der Waals surface area contributed by atoms with E-state index in [4.69, 9.17) is 11.5 Å². The third kappa shape index (κ3) is 22.4. The molecule has 1 aromatic rings. The van der Waals surface area contributed by atoms with Gasteiger partial charge in [0.2, 0.25) is 47.3 Å². The molecule has 384 valence electrons. The van der Waals surface area contributed by atoms with Crippen molar-refractivity contribution in [3.05, 3.63) is 35.9 Å². The maximum Gasteiger partial charge on any atom is 0.326 e. The zero-order valence-corrected chi connectivity index (χ0v) is 40.8. The van der Waals surface area contributed by atoms with Gasteiger partial charge in [-0.3, -0.25) is 38.4 Å². The largest absolute Gasteiger partial charge is 0.480 e. The van der Waals surface area contributed by atoms with E-state index in [2.05, 4.69) is 42.5 Å². The number of carboxylic acid groups (broad SMARTS) is 1. The zero-order chi connectivity index (χ0) is 51.7. The van der Waals surface area contributed by atoms with Gasteiger partial charge in [0.25, 0.3) is 0 Å². The summed E-state index contributed by atoms with van der Waals surface area (Å²) in [4.78, 5) is 119. The van der Waals surface area contributed by atoms with Crippen LogP contribution in [0.15, 0.2) is 30.3 Å². The predicted molar refractivity (Wildman–Crippen MR) is 253 cm³/mol. The number of hydrogen-bond donors (Lipinski definition) is 13. The number of nitrogens with one attached hydrogen (secondary N) is 8. The van der Waals surface area contributed by atoms with Crippen molar-refractivity contribution < 1.29 is 58.5 Å². The molecule has 0 fully saturated rings. The van der Waals surface area contributed by atoms with Crippen LogP contribution in [0.5, 0.6) is 0 Å². The Morgan fingerprint density at radius 1 is 0.485 bits per heavy atom. The van der Waals surface area contributed by atoms with E-state index in [0.29, 0.717) is 18.4 Å². The average Bonchev–Trinajstić information content (AvgIpc) is 3.26. The maximum atomic E-state index is 13.8. The molecular formula is C46H78N10O12. The number of hydrogen-bond acceptors (Lipinski definition) is 13. The van der Waals surface area contributed by atoms with Crippen molar-refractivity contribution in [1.82, 2.24) is 42.5 Å². The van der Waals surface area contributed by atoms with Crippen LogP contribution in [0.1, 0.15) is 99.5 Å². The molecule has 1 aromatic carbocycles. The summed E-state index contributed by atoms with van der Waals surface area (Å²) in [6.07, 6.45) is 1.10. The van der Waals surface area contributed by atoms with Crippen molar-refractivity contribution in [2.75, 3.05) is 26.3 Å². The Hall–Kier alpha value is -5.71. The third-order valence-corrected chi connectivity index (χ3v) is 10.6. The van der Waals surface area contributed by atoms with Crippen LogP contribution < -0.4 is 54.0 Å². The lowest BCUT2D eigenvalue weighted by atomic mass is 9.99. The molecule has 8 atom stereocenters. The lowest BCUT2D eigenvalue weighted by Gasteiger charge is -2.29. The highest BCUT2D eigenvalue weighted by Crippen LogP contribution is 2.12. The second-order valence-corrected chi connectivity index (χ2v) is 18.5. The van der Waals surface area contributed by atoms with Crippen LogP contribution in [-0.2, 0) is 49.6 Å². The fourth-order valence-electron chi connectivity index (χ4n) is 6.97. The predicted octanol–water partition coefficient (Wildman–Crippen LogP) is -1.94. The summed E-state index contributed by atoms with van der Waals surface area (Å²) in [6.45, 7) is 12.1. The SMILES string of the molecule is CC(C)C[C@H](NC(=O)CN)C(=O)N[C@@H](CC(C)C)C(=O)N[C@@H](CO)C(=O)N[C@@H](CCCCN)C(=O)N[C@@H](CO)C(=O)N[C@@H](CC(C)C)C(=O)N[C@H](C(=O)N[C@@H](Cc1ccccc1)C(=O)O)C(C)C. The first-order chi connectivity index (χ1) is 32.0. The van der Waals surface area contributed by atoms with Crippen molar-refractivity contribution in [3.63, 3.8) is 0 Å². The highest BCUT2D eigenvalue weighted by Gasteiger charge is 2.35. The molecule has 1 rings (SSSR count). The summed E-state index contributed by atoms with van der Waals surface area (Å²) in [7, 11) is 0. The van der Waals surface area contributed by atoms with Crippen molar-refractivity contribution in [2.24, 2.45) is 35.1 Å². The number of aliphatic hydroxyl groups is 2. The monoisotopic (exact) mass is 963 g/mol. The van der Waals surface area contributed by atoms with Gasteiger partial charge in [-0.2, -0.15) is 0 Å². The van der Waals surface area contributed by atoms with Crippen LogP contribution in [0.4, 0.5) is 0 Å². The molecule has 0 bridgehead atoms. The van der Waals surface area contributed by atoms with Crippen molar-refractivity contribution in [3.8, 4) is 0 Å². The van der Waals surface area contributed by atoms with Gasteiger partial charge in [0.15, 0.2) is 0 Å². The molecule has 22 heteroatoms.